The summed E-state index contributed by atoms with van der Waals surface area (Å²) in [7, 11) is 1.33. The molecule has 0 aliphatic carbocycles. The van der Waals surface area contributed by atoms with Crippen LogP contribution < -0.4 is 5.73 Å². The first-order valence-electron chi connectivity index (χ1n) is 6.54. The van der Waals surface area contributed by atoms with Gasteiger partial charge in [0.1, 0.15) is 17.5 Å². The summed E-state index contributed by atoms with van der Waals surface area (Å²) in [6.45, 7) is 2.04. The number of nitrogens with zero attached hydrogens (tertiary/aromatic N) is 1. The fourth-order valence-electron chi connectivity index (χ4n) is 1.75. The first kappa shape index (κ1) is 15.6. The van der Waals surface area contributed by atoms with Crippen molar-refractivity contribution >= 4 is 17.7 Å². The molecule has 0 fully saturated rings. The lowest BCUT2D eigenvalue weighted by atomic mass is 10.1. The van der Waals surface area contributed by atoms with Gasteiger partial charge < -0.3 is 15.0 Å². The highest BCUT2D eigenvalue weighted by molar-refractivity contribution is 7.98. The summed E-state index contributed by atoms with van der Waals surface area (Å²) in [6, 6.07) is 9.39. The van der Waals surface area contributed by atoms with Crippen LogP contribution in [-0.2, 0) is 15.3 Å². The number of benzene rings is 1. The third-order valence-corrected chi connectivity index (χ3v) is 4.04. The second-order valence-electron chi connectivity index (χ2n) is 4.69. The Hall–Kier alpha value is -1.79. The van der Waals surface area contributed by atoms with Crippen LogP contribution in [0.25, 0.3) is 11.3 Å². The van der Waals surface area contributed by atoms with Crippen LogP contribution in [0.2, 0.25) is 0 Å². The van der Waals surface area contributed by atoms with Crippen molar-refractivity contribution in [2.45, 2.75) is 18.7 Å². The van der Waals surface area contributed by atoms with Gasteiger partial charge in [-0.3, -0.25) is 4.79 Å². The van der Waals surface area contributed by atoms with Crippen LogP contribution in [0, 0.1) is 6.92 Å². The molecule has 0 saturated carbocycles. The van der Waals surface area contributed by atoms with Crippen LogP contribution in [0.5, 0.6) is 0 Å². The minimum absolute atomic E-state index is 0.402. The van der Waals surface area contributed by atoms with Gasteiger partial charge in [-0.05, 0) is 6.92 Å². The molecule has 1 heterocycles. The van der Waals surface area contributed by atoms with Gasteiger partial charge in [0.15, 0.2) is 0 Å². The summed E-state index contributed by atoms with van der Waals surface area (Å²) < 4.78 is 9.86. The molecule has 0 radical (unpaired) electrons. The van der Waals surface area contributed by atoms with E-state index in [0.29, 0.717) is 11.5 Å². The SMILES string of the molecule is COC(=O)C(N)CSCc1cc(-c2ccc(C)cc2)no1. The number of rotatable bonds is 6. The van der Waals surface area contributed by atoms with Crippen LogP contribution in [0.4, 0.5) is 0 Å². The van der Waals surface area contributed by atoms with Gasteiger partial charge in [0.25, 0.3) is 0 Å². The van der Waals surface area contributed by atoms with Crippen molar-refractivity contribution in [1.82, 2.24) is 5.16 Å². The average Bonchev–Trinajstić information content (AvgIpc) is 2.95. The standard InChI is InChI=1S/C15H18N2O3S/c1-10-3-5-11(6-4-10)14-7-12(20-17-14)8-21-9-13(16)15(18)19-2/h3-7,13H,8-9,16H2,1-2H3. The van der Waals surface area contributed by atoms with Crippen LogP contribution in [0.1, 0.15) is 11.3 Å². The van der Waals surface area contributed by atoms with Crippen LogP contribution >= 0.6 is 11.8 Å². The Labute approximate surface area is 127 Å². The Balaban J connectivity index is 1.89. The Morgan fingerprint density at radius 3 is 2.81 bits per heavy atom. The van der Waals surface area contributed by atoms with E-state index >= 15 is 0 Å². The zero-order valence-corrected chi connectivity index (χ0v) is 12.9. The molecule has 1 atom stereocenters. The van der Waals surface area contributed by atoms with Crippen molar-refractivity contribution in [2.75, 3.05) is 12.9 Å². The van der Waals surface area contributed by atoms with Crippen molar-refractivity contribution in [3.63, 3.8) is 0 Å². The van der Waals surface area contributed by atoms with Crippen LogP contribution in [0.3, 0.4) is 0 Å². The van der Waals surface area contributed by atoms with E-state index in [1.54, 1.807) is 0 Å². The number of methoxy groups -OCH3 is 1. The van der Waals surface area contributed by atoms with E-state index in [0.717, 1.165) is 17.0 Å². The first-order valence-corrected chi connectivity index (χ1v) is 7.69. The molecule has 0 amide bonds. The smallest absolute Gasteiger partial charge is 0.323 e. The maximum atomic E-state index is 11.2. The lowest BCUT2D eigenvalue weighted by Gasteiger charge is -2.07. The number of hydrogen-bond donors (Lipinski definition) is 1. The summed E-state index contributed by atoms with van der Waals surface area (Å²) in [6.07, 6.45) is 0. The van der Waals surface area contributed by atoms with E-state index in [2.05, 4.69) is 9.89 Å². The van der Waals surface area contributed by atoms with Gasteiger partial charge in [-0.2, -0.15) is 11.8 Å². The number of thioether (sulfide) groups is 1. The Morgan fingerprint density at radius 2 is 2.14 bits per heavy atom. The molecule has 1 aromatic carbocycles. The molecular weight excluding hydrogens is 288 g/mol. The van der Waals surface area contributed by atoms with Gasteiger partial charge in [-0.1, -0.05) is 35.0 Å². The highest BCUT2D eigenvalue weighted by Gasteiger charge is 2.14. The molecule has 6 heteroatoms. The molecule has 1 unspecified atom stereocenters. The maximum absolute atomic E-state index is 11.2. The molecule has 2 rings (SSSR count). The second kappa shape index (κ2) is 7.28. The number of aryl methyl sites for hydroxylation is 1. The quantitative estimate of drug-likeness (QED) is 0.826. The summed E-state index contributed by atoms with van der Waals surface area (Å²) >= 11 is 1.51. The lowest BCUT2D eigenvalue weighted by Crippen LogP contribution is -2.33. The van der Waals surface area contributed by atoms with Gasteiger partial charge in [0, 0.05) is 17.4 Å². The highest BCUT2D eigenvalue weighted by atomic mass is 32.2. The fourth-order valence-corrected chi connectivity index (χ4v) is 2.59. The van der Waals surface area contributed by atoms with Gasteiger partial charge in [0.2, 0.25) is 0 Å². The van der Waals surface area contributed by atoms with Crippen molar-refractivity contribution in [1.29, 1.82) is 0 Å². The van der Waals surface area contributed by atoms with Crippen molar-refractivity contribution < 1.29 is 14.1 Å². The normalized spacial score (nSPS) is 12.1. The number of nitrogens with two attached hydrogens (primary N) is 1. The van der Waals surface area contributed by atoms with E-state index < -0.39 is 12.0 Å². The van der Waals surface area contributed by atoms with Gasteiger partial charge >= 0.3 is 5.97 Å². The molecule has 0 aliphatic heterocycles. The summed E-state index contributed by atoms with van der Waals surface area (Å²) in [5, 5.41) is 4.05. The minimum atomic E-state index is -0.612. The predicted octanol–water partition coefficient (Wildman–Crippen LogP) is 2.38. The summed E-state index contributed by atoms with van der Waals surface area (Å²) in [5.41, 5.74) is 8.69. The lowest BCUT2D eigenvalue weighted by molar-refractivity contribution is -0.141. The monoisotopic (exact) mass is 306 g/mol. The largest absolute Gasteiger partial charge is 0.468 e. The molecule has 0 saturated heterocycles. The molecule has 1 aromatic heterocycles. The van der Waals surface area contributed by atoms with Crippen LogP contribution in [-0.4, -0.2) is 30.0 Å². The van der Waals surface area contributed by atoms with E-state index in [9.17, 15) is 4.79 Å². The zero-order chi connectivity index (χ0) is 15.2. The number of hydrogen-bond acceptors (Lipinski definition) is 6. The average molecular weight is 306 g/mol. The predicted molar refractivity (Wildman–Crippen MR) is 82.8 cm³/mol. The number of ether oxygens (including phenoxy) is 1. The molecule has 0 aliphatic rings. The molecular formula is C15H18N2O3S. The molecule has 2 N–H and O–H groups in total. The van der Waals surface area contributed by atoms with Crippen molar-refractivity contribution in [3.05, 3.63) is 41.7 Å². The molecule has 21 heavy (non-hydrogen) atoms. The number of carbonyl (C=O) groups is 1. The van der Waals surface area contributed by atoms with E-state index in [1.807, 2.05) is 37.3 Å². The molecule has 0 spiro atoms. The van der Waals surface area contributed by atoms with Gasteiger partial charge in [-0.15, -0.1) is 0 Å². The maximum Gasteiger partial charge on any atom is 0.323 e. The second-order valence-corrected chi connectivity index (χ2v) is 5.72. The fraction of sp³-hybridized carbons (Fsp3) is 0.333. The van der Waals surface area contributed by atoms with Crippen molar-refractivity contribution in [2.24, 2.45) is 5.73 Å². The van der Waals surface area contributed by atoms with Crippen molar-refractivity contribution in [3.8, 4) is 11.3 Å². The Bertz CT molecular complexity index is 595. The van der Waals surface area contributed by atoms with Gasteiger partial charge in [0.05, 0.1) is 12.9 Å². The summed E-state index contributed by atoms with van der Waals surface area (Å²) in [5.74, 6) is 1.45. The Morgan fingerprint density at radius 1 is 1.43 bits per heavy atom. The topological polar surface area (TPSA) is 78.4 Å². The number of aromatic nitrogens is 1. The minimum Gasteiger partial charge on any atom is -0.468 e. The molecule has 5 nitrogen and oxygen atoms in total. The first-order chi connectivity index (χ1) is 10.1. The van der Waals surface area contributed by atoms with E-state index in [-0.39, 0.29) is 0 Å². The third kappa shape index (κ3) is 4.34. The molecule has 112 valence electrons. The van der Waals surface area contributed by atoms with E-state index in [1.165, 1.54) is 24.4 Å². The van der Waals surface area contributed by atoms with E-state index in [4.69, 9.17) is 10.3 Å². The third-order valence-electron chi connectivity index (χ3n) is 2.95. The molecule has 2 aromatic rings. The summed E-state index contributed by atoms with van der Waals surface area (Å²) in [4.78, 5) is 11.2. The zero-order valence-electron chi connectivity index (χ0n) is 12.0. The molecule has 0 bridgehead atoms. The highest BCUT2D eigenvalue weighted by Crippen LogP contribution is 2.22. The Kier molecular flexibility index (Phi) is 5.41. The van der Waals surface area contributed by atoms with Crippen LogP contribution in [0.15, 0.2) is 34.9 Å². The number of esters is 1. The number of carbonyl (C=O) groups excluding carboxylic acids is 1. The van der Waals surface area contributed by atoms with Gasteiger partial charge in [-0.25, -0.2) is 0 Å².